The molecular formula is C13H12F3N3. The molecule has 0 aliphatic rings. The zero-order chi connectivity index (χ0) is 14.0. The van der Waals surface area contributed by atoms with Gasteiger partial charge in [-0.2, -0.15) is 13.2 Å². The molecule has 6 heteroatoms. The lowest BCUT2D eigenvalue weighted by molar-refractivity contribution is -0.137. The van der Waals surface area contributed by atoms with Crippen LogP contribution in [-0.4, -0.2) is 9.97 Å². The summed E-state index contributed by atoms with van der Waals surface area (Å²) in [4.78, 5) is 8.13. The van der Waals surface area contributed by atoms with Crippen LogP contribution in [0.15, 0.2) is 36.7 Å². The number of nitrogens with zero attached hydrogens (tertiary/aromatic N) is 2. The average molecular weight is 267 g/mol. The van der Waals surface area contributed by atoms with E-state index in [2.05, 4.69) is 9.97 Å². The highest BCUT2D eigenvalue weighted by Gasteiger charge is 2.29. The van der Waals surface area contributed by atoms with Crippen molar-refractivity contribution in [1.29, 1.82) is 0 Å². The first-order valence-electron chi connectivity index (χ1n) is 5.63. The highest BCUT2D eigenvalue weighted by Crippen LogP contribution is 2.30. The van der Waals surface area contributed by atoms with Crippen molar-refractivity contribution in [2.24, 2.45) is 5.73 Å². The van der Waals surface area contributed by atoms with Gasteiger partial charge in [-0.3, -0.25) is 0 Å². The fourth-order valence-electron chi connectivity index (χ4n) is 1.57. The second-order valence-corrected chi connectivity index (χ2v) is 4.19. The molecule has 0 radical (unpaired) electrons. The van der Waals surface area contributed by atoms with Gasteiger partial charge in [-0.05, 0) is 24.6 Å². The fourth-order valence-corrected chi connectivity index (χ4v) is 1.57. The minimum atomic E-state index is -4.33. The number of hydrogen-bond acceptors (Lipinski definition) is 3. The fraction of sp³-hybridized carbons (Fsp3) is 0.231. The van der Waals surface area contributed by atoms with E-state index in [9.17, 15) is 13.2 Å². The van der Waals surface area contributed by atoms with Crippen LogP contribution in [0, 0.1) is 0 Å². The maximum absolute atomic E-state index is 12.4. The van der Waals surface area contributed by atoms with E-state index in [-0.39, 0.29) is 6.04 Å². The van der Waals surface area contributed by atoms with Crippen molar-refractivity contribution in [1.82, 2.24) is 9.97 Å². The van der Waals surface area contributed by atoms with Crippen molar-refractivity contribution in [3.8, 4) is 11.1 Å². The van der Waals surface area contributed by atoms with E-state index in [4.69, 9.17) is 5.73 Å². The first-order valence-corrected chi connectivity index (χ1v) is 5.63. The normalized spacial score (nSPS) is 13.3. The Morgan fingerprint density at radius 2 is 1.53 bits per heavy atom. The number of aromatic nitrogens is 2. The standard InChI is InChI=1S/C13H12F3N3/c1-8(17)12-18-6-10(7-19-12)9-2-4-11(5-3-9)13(14,15)16/h2-8H,17H2,1H3. The third-order valence-corrected chi connectivity index (χ3v) is 2.62. The molecule has 0 aliphatic carbocycles. The smallest absolute Gasteiger partial charge is 0.322 e. The summed E-state index contributed by atoms with van der Waals surface area (Å²) in [7, 11) is 0. The number of benzene rings is 1. The molecule has 0 fully saturated rings. The van der Waals surface area contributed by atoms with Crippen LogP contribution < -0.4 is 5.73 Å². The van der Waals surface area contributed by atoms with Gasteiger partial charge in [0, 0.05) is 18.0 Å². The van der Waals surface area contributed by atoms with Crippen LogP contribution in [0.3, 0.4) is 0 Å². The molecule has 0 spiro atoms. The van der Waals surface area contributed by atoms with Gasteiger partial charge >= 0.3 is 6.18 Å². The molecule has 19 heavy (non-hydrogen) atoms. The first-order chi connectivity index (χ1) is 8.88. The Bertz CT molecular complexity index is 545. The van der Waals surface area contributed by atoms with Crippen molar-refractivity contribution < 1.29 is 13.2 Å². The third kappa shape index (κ3) is 3.08. The molecule has 1 aromatic carbocycles. The Morgan fingerprint density at radius 3 is 1.95 bits per heavy atom. The summed E-state index contributed by atoms with van der Waals surface area (Å²) in [6.45, 7) is 1.76. The van der Waals surface area contributed by atoms with Gasteiger partial charge in [-0.15, -0.1) is 0 Å². The molecule has 0 saturated heterocycles. The molecule has 100 valence electrons. The molecule has 0 amide bonds. The number of rotatable bonds is 2. The Hall–Kier alpha value is -1.95. The van der Waals surface area contributed by atoms with E-state index in [1.807, 2.05) is 0 Å². The second-order valence-electron chi connectivity index (χ2n) is 4.19. The molecule has 1 unspecified atom stereocenters. The van der Waals surface area contributed by atoms with Gasteiger partial charge in [0.05, 0.1) is 11.6 Å². The minimum absolute atomic E-state index is 0.276. The summed E-state index contributed by atoms with van der Waals surface area (Å²) in [5.41, 5.74) is 6.22. The van der Waals surface area contributed by atoms with Gasteiger partial charge in [-0.25, -0.2) is 9.97 Å². The van der Waals surface area contributed by atoms with Crippen LogP contribution in [0.4, 0.5) is 13.2 Å². The average Bonchev–Trinajstić information content (AvgIpc) is 2.38. The Kier molecular flexibility index (Phi) is 3.53. The summed E-state index contributed by atoms with van der Waals surface area (Å²) in [5, 5.41) is 0. The minimum Gasteiger partial charge on any atom is -0.322 e. The number of nitrogens with two attached hydrogens (primary N) is 1. The molecular weight excluding hydrogens is 255 g/mol. The summed E-state index contributed by atoms with van der Waals surface area (Å²) in [5.74, 6) is 0.496. The van der Waals surface area contributed by atoms with E-state index in [1.165, 1.54) is 12.1 Å². The summed E-state index contributed by atoms with van der Waals surface area (Å²) in [6.07, 6.45) is -1.23. The molecule has 0 saturated carbocycles. The van der Waals surface area contributed by atoms with Crippen LogP contribution >= 0.6 is 0 Å². The van der Waals surface area contributed by atoms with Gasteiger partial charge in [-0.1, -0.05) is 12.1 Å². The van der Waals surface area contributed by atoms with E-state index in [0.717, 1.165) is 12.1 Å². The van der Waals surface area contributed by atoms with Crippen molar-refractivity contribution in [2.45, 2.75) is 19.1 Å². The molecule has 1 atom stereocenters. The zero-order valence-corrected chi connectivity index (χ0v) is 10.1. The first kappa shape index (κ1) is 13.5. The Balaban J connectivity index is 2.27. The lowest BCUT2D eigenvalue weighted by Gasteiger charge is -2.08. The Labute approximate surface area is 108 Å². The van der Waals surface area contributed by atoms with E-state index >= 15 is 0 Å². The van der Waals surface area contributed by atoms with Gasteiger partial charge < -0.3 is 5.73 Å². The molecule has 1 heterocycles. The highest BCUT2D eigenvalue weighted by atomic mass is 19.4. The highest BCUT2D eigenvalue weighted by molar-refractivity contribution is 5.61. The van der Waals surface area contributed by atoms with Crippen LogP contribution in [0.25, 0.3) is 11.1 Å². The molecule has 0 bridgehead atoms. The SMILES string of the molecule is CC(N)c1ncc(-c2ccc(C(F)(F)F)cc2)cn1. The van der Waals surface area contributed by atoms with Crippen molar-refractivity contribution in [3.63, 3.8) is 0 Å². The molecule has 2 aromatic rings. The lowest BCUT2D eigenvalue weighted by Crippen LogP contribution is -2.09. The number of alkyl halides is 3. The zero-order valence-electron chi connectivity index (χ0n) is 10.1. The second kappa shape index (κ2) is 4.97. The van der Waals surface area contributed by atoms with Gasteiger partial charge in [0.1, 0.15) is 5.82 Å². The quantitative estimate of drug-likeness (QED) is 0.909. The van der Waals surface area contributed by atoms with Crippen LogP contribution in [0.1, 0.15) is 24.4 Å². The predicted octanol–water partition coefficient (Wildman–Crippen LogP) is 3.18. The number of halogens is 3. The lowest BCUT2D eigenvalue weighted by atomic mass is 10.1. The maximum atomic E-state index is 12.4. The third-order valence-electron chi connectivity index (χ3n) is 2.62. The molecule has 2 N–H and O–H groups in total. The van der Waals surface area contributed by atoms with E-state index in [1.54, 1.807) is 19.3 Å². The van der Waals surface area contributed by atoms with Crippen molar-refractivity contribution >= 4 is 0 Å². The Morgan fingerprint density at radius 1 is 1.00 bits per heavy atom. The van der Waals surface area contributed by atoms with Crippen molar-refractivity contribution in [2.75, 3.05) is 0 Å². The van der Waals surface area contributed by atoms with Crippen LogP contribution in [0.2, 0.25) is 0 Å². The van der Waals surface area contributed by atoms with Gasteiger partial charge in [0.25, 0.3) is 0 Å². The van der Waals surface area contributed by atoms with Crippen LogP contribution in [-0.2, 0) is 6.18 Å². The summed E-state index contributed by atoms with van der Waals surface area (Å²) >= 11 is 0. The summed E-state index contributed by atoms with van der Waals surface area (Å²) < 4.78 is 37.3. The van der Waals surface area contributed by atoms with Gasteiger partial charge in [0.15, 0.2) is 0 Å². The molecule has 1 aromatic heterocycles. The molecule has 3 nitrogen and oxygen atoms in total. The predicted molar refractivity (Wildman–Crippen MR) is 65.1 cm³/mol. The van der Waals surface area contributed by atoms with E-state index < -0.39 is 11.7 Å². The van der Waals surface area contributed by atoms with Gasteiger partial charge in [0.2, 0.25) is 0 Å². The summed E-state index contributed by atoms with van der Waals surface area (Å²) in [6, 6.07) is 4.59. The monoisotopic (exact) mass is 267 g/mol. The molecule has 0 aliphatic heterocycles. The van der Waals surface area contributed by atoms with Crippen molar-refractivity contribution in [3.05, 3.63) is 48.0 Å². The number of hydrogen-bond donors (Lipinski definition) is 1. The largest absolute Gasteiger partial charge is 0.416 e. The van der Waals surface area contributed by atoms with E-state index in [0.29, 0.717) is 17.0 Å². The molecule has 2 rings (SSSR count). The topological polar surface area (TPSA) is 51.8 Å². The van der Waals surface area contributed by atoms with Crippen LogP contribution in [0.5, 0.6) is 0 Å². The maximum Gasteiger partial charge on any atom is 0.416 e.